The van der Waals surface area contributed by atoms with Crippen molar-refractivity contribution >= 4 is 16.3 Å². The average Bonchev–Trinajstić information content (AvgIpc) is 3.18. The van der Waals surface area contributed by atoms with Gasteiger partial charge in [0, 0.05) is 17.3 Å². The minimum absolute atomic E-state index is 0.651. The molecular formula is C24H15N3. The fourth-order valence-corrected chi connectivity index (χ4v) is 3.63. The normalized spacial score (nSPS) is 10.9. The number of aromatic nitrogens is 2. The molecule has 3 aromatic carbocycles. The number of fused-ring (bicyclic) bond motifs is 2. The summed E-state index contributed by atoms with van der Waals surface area (Å²) in [7, 11) is 0. The second kappa shape index (κ2) is 6.12. The molecule has 3 heteroatoms. The van der Waals surface area contributed by atoms with E-state index in [0.717, 1.165) is 38.7 Å². The molecule has 0 aliphatic rings. The van der Waals surface area contributed by atoms with Crippen LogP contribution in [0.25, 0.3) is 38.7 Å². The highest BCUT2D eigenvalue weighted by Gasteiger charge is 2.15. The van der Waals surface area contributed by atoms with Crippen molar-refractivity contribution in [2.24, 2.45) is 0 Å². The summed E-state index contributed by atoms with van der Waals surface area (Å²) in [6.45, 7) is 0. The van der Waals surface area contributed by atoms with Gasteiger partial charge < -0.3 is 0 Å². The van der Waals surface area contributed by atoms with Crippen molar-refractivity contribution in [2.75, 3.05) is 0 Å². The van der Waals surface area contributed by atoms with Crippen molar-refractivity contribution < 1.29 is 0 Å². The summed E-state index contributed by atoms with van der Waals surface area (Å²) in [6.07, 6.45) is 1.86. The molecule has 0 N–H and O–H groups in total. The Hall–Kier alpha value is -3.90. The molecule has 5 rings (SSSR count). The maximum atomic E-state index is 9.76. The molecule has 0 saturated heterocycles. The number of benzene rings is 3. The Morgan fingerprint density at radius 3 is 2.44 bits per heavy atom. The summed E-state index contributed by atoms with van der Waals surface area (Å²) < 4.78 is 1.86. The molecule has 0 atom stereocenters. The van der Waals surface area contributed by atoms with Gasteiger partial charge in [-0.1, -0.05) is 72.8 Å². The Morgan fingerprint density at radius 1 is 0.815 bits per heavy atom. The molecule has 0 fully saturated rings. The van der Waals surface area contributed by atoms with Gasteiger partial charge >= 0.3 is 0 Å². The Kier molecular flexibility index (Phi) is 3.48. The van der Waals surface area contributed by atoms with Gasteiger partial charge in [-0.3, -0.25) is 0 Å². The molecule has 0 spiro atoms. The number of nitrogens with zero attached hydrogens (tertiary/aromatic N) is 3. The second-order valence-corrected chi connectivity index (χ2v) is 6.47. The summed E-state index contributed by atoms with van der Waals surface area (Å²) >= 11 is 0. The summed E-state index contributed by atoms with van der Waals surface area (Å²) in [5.41, 5.74) is 5.51. The van der Waals surface area contributed by atoms with Crippen LogP contribution in [0.4, 0.5) is 0 Å². The first-order valence-corrected chi connectivity index (χ1v) is 8.81. The highest BCUT2D eigenvalue weighted by Crippen LogP contribution is 2.35. The van der Waals surface area contributed by atoms with Gasteiger partial charge in [0.15, 0.2) is 0 Å². The van der Waals surface area contributed by atoms with Crippen LogP contribution in [0.15, 0.2) is 91.1 Å². The van der Waals surface area contributed by atoms with E-state index in [-0.39, 0.29) is 0 Å². The zero-order valence-electron chi connectivity index (χ0n) is 14.5. The predicted molar refractivity (Wildman–Crippen MR) is 108 cm³/mol. The van der Waals surface area contributed by atoms with Crippen LogP contribution in [0.2, 0.25) is 0 Å². The smallest absolute Gasteiger partial charge is 0.0999 e. The molecule has 0 radical (unpaired) electrons. The van der Waals surface area contributed by atoms with E-state index in [1.165, 1.54) is 0 Å². The maximum absolute atomic E-state index is 9.76. The molecule has 0 bridgehead atoms. The van der Waals surface area contributed by atoms with Gasteiger partial charge in [0.25, 0.3) is 0 Å². The monoisotopic (exact) mass is 345 g/mol. The van der Waals surface area contributed by atoms with E-state index in [0.29, 0.717) is 5.56 Å². The number of nitriles is 1. The van der Waals surface area contributed by atoms with Gasteiger partial charge in [0.1, 0.15) is 0 Å². The predicted octanol–water partition coefficient (Wildman–Crippen LogP) is 5.69. The first-order chi connectivity index (χ1) is 13.3. The summed E-state index contributed by atoms with van der Waals surface area (Å²) in [5.74, 6) is 0. The Balaban J connectivity index is 1.85. The number of pyridine rings is 1. The van der Waals surface area contributed by atoms with E-state index < -0.39 is 0 Å². The van der Waals surface area contributed by atoms with Crippen LogP contribution in [0.5, 0.6) is 0 Å². The number of hydrogen-bond donors (Lipinski definition) is 0. The van der Waals surface area contributed by atoms with E-state index in [1.807, 2.05) is 65.3 Å². The molecule has 2 aromatic heterocycles. The van der Waals surface area contributed by atoms with Crippen LogP contribution < -0.4 is 0 Å². The lowest BCUT2D eigenvalue weighted by Gasteiger charge is -2.10. The van der Waals surface area contributed by atoms with Crippen molar-refractivity contribution in [1.82, 2.24) is 9.61 Å². The number of hydrogen-bond acceptors (Lipinski definition) is 2. The minimum atomic E-state index is 0.651. The van der Waals surface area contributed by atoms with Crippen LogP contribution in [0.1, 0.15) is 5.56 Å². The molecule has 27 heavy (non-hydrogen) atoms. The summed E-state index contributed by atoms with van der Waals surface area (Å²) in [6, 6.07) is 30.8. The largest absolute Gasteiger partial charge is 0.240 e. The van der Waals surface area contributed by atoms with Gasteiger partial charge in [0.05, 0.1) is 22.8 Å². The minimum Gasteiger partial charge on any atom is -0.240 e. The molecule has 0 saturated carbocycles. The molecule has 126 valence electrons. The van der Waals surface area contributed by atoms with E-state index in [1.54, 1.807) is 0 Å². The van der Waals surface area contributed by atoms with Gasteiger partial charge in [-0.2, -0.15) is 10.4 Å². The summed E-state index contributed by atoms with van der Waals surface area (Å²) in [4.78, 5) is 0. The maximum Gasteiger partial charge on any atom is 0.0999 e. The fraction of sp³-hybridized carbons (Fsp3) is 0. The van der Waals surface area contributed by atoms with Crippen molar-refractivity contribution in [1.29, 1.82) is 5.26 Å². The van der Waals surface area contributed by atoms with Gasteiger partial charge in [-0.15, -0.1) is 0 Å². The SMILES string of the molecule is N#Cc1ccn2nc(-c3ccccc3)cc2c1-c1cccc2ccccc12. The highest BCUT2D eigenvalue weighted by atomic mass is 15.2. The van der Waals surface area contributed by atoms with E-state index >= 15 is 0 Å². The van der Waals surface area contributed by atoms with Gasteiger partial charge in [-0.25, -0.2) is 4.52 Å². The van der Waals surface area contributed by atoms with Crippen LogP contribution >= 0.6 is 0 Å². The molecule has 0 amide bonds. The lowest BCUT2D eigenvalue weighted by atomic mass is 9.94. The third-order valence-corrected chi connectivity index (χ3v) is 4.89. The molecule has 0 unspecified atom stereocenters. The van der Waals surface area contributed by atoms with Crippen molar-refractivity contribution in [2.45, 2.75) is 0 Å². The first-order valence-electron chi connectivity index (χ1n) is 8.81. The van der Waals surface area contributed by atoms with Gasteiger partial charge in [0.2, 0.25) is 0 Å². The standard InChI is InChI=1S/C24H15N3/c25-16-19-13-14-27-23(15-22(26-27)18-8-2-1-3-9-18)24(19)21-12-6-10-17-7-4-5-11-20(17)21/h1-15H. The molecular weight excluding hydrogens is 330 g/mol. The Labute approximate surface area is 156 Å². The van der Waals surface area contributed by atoms with Gasteiger partial charge in [-0.05, 0) is 28.5 Å². The van der Waals surface area contributed by atoms with Crippen molar-refractivity contribution in [3.05, 3.63) is 96.7 Å². The third kappa shape index (κ3) is 2.47. The molecule has 2 heterocycles. The summed E-state index contributed by atoms with van der Waals surface area (Å²) in [5, 5.41) is 16.8. The van der Waals surface area contributed by atoms with Crippen molar-refractivity contribution in [3.8, 4) is 28.5 Å². The lowest BCUT2D eigenvalue weighted by Crippen LogP contribution is -1.94. The molecule has 3 nitrogen and oxygen atoms in total. The average molecular weight is 345 g/mol. The Bertz CT molecular complexity index is 1320. The highest BCUT2D eigenvalue weighted by molar-refractivity contribution is 6.02. The van der Waals surface area contributed by atoms with Crippen LogP contribution in [-0.2, 0) is 0 Å². The third-order valence-electron chi connectivity index (χ3n) is 4.89. The van der Waals surface area contributed by atoms with Crippen LogP contribution in [0.3, 0.4) is 0 Å². The van der Waals surface area contributed by atoms with Crippen LogP contribution in [-0.4, -0.2) is 9.61 Å². The van der Waals surface area contributed by atoms with E-state index in [4.69, 9.17) is 5.10 Å². The fourth-order valence-electron chi connectivity index (χ4n) is 3.63. The molecule has 0 aliphatic heterocycles. The first kappa shape index (κ1) is 15.4. The zero-order valence-corrected chi connectivity index (χ0v) is 14.5. The number of rotatable bonds is 2. The Morgan fingerprint density at radius 2 is 1.59 bits per heavy atom. The quantitative estimate of drug-likeness (QED) is 0.412. The second-order valence-electron chi connectivity index (χ2n) is 6.47. The molecule has 0 aliphatic carbocycles. The lowest BCUT2D eigenvalue weighted by molar-refractivity contribution is 0.965. The zero-order chi connectivity index (χ0) is 18.2. The topological polar surface area (TPSA) is 41.1 Å². The van der Waals surface area contributed by atoms with E-state index in [9.17, 15) is 5.26 Å². The molecule has 5 aromatic rings. The van der Waals surface area contributed by atoms with Crippen molar-refractivity contribution in [3.63, 3.8) is 0 Å². The van der Waals surface area contributed by atoms with E-state index in [2.05, 4.69) is 36.4 Å². The van der Waals surface area contributed by atoms with Crippen LogP contribution in [0, 0.1) is 11.3 Å².